The molecule has 0 spiro atoms. The number of carbonyl (C=O) groups excluding carboxylic acids is 1. The number of aryl methyl sites for hydroxylation is 1. The molecule has 0 bridgehead atoms. The van der Waals surface area contributed by atoms with E-state index in [1.54, 1.807) is 25.2 Å². The molecule has 0 aliphatic heterocycles. The van der Waals surface area contributed by atoms with Crippen molar-refractivity contribution in [2.24, 2.45) is 5.92 Å². The standard InChI is InChI=1S/C16H16.C10H14O2.C5H10/c1-12-8-4-6-10-15(12)14(3)16-11-7-5-9-13(16)2;1-4-7-9(5-2)8-12-10(11)6-3;1-2-5-3-4-5/h4-11H,1H2,2-3H3;4-5,7H,1-2,6,8H2,3H3;5H,2-4H2,1H3/b15-14-;9-7+;. The van der Waals surface area contributed by atoms with Gasteiger partial charge in [0.15, 0.2) is 0 Å². The Morgan fingerprint density at radius 3 is 2.18 bits per heavy atom. The third-order valence-corrected chi connectivity index (χ3v) is 5.53. The summed E-state index contributed by atoms with van der Waals surface area (Å²) in [6, 6.07) is 16.7. The van der Waals surface area contributed by atoms with Gasteiger partial charge in [-0.2, -0.15) is 0 Å². The Bertz CT molecular complexity index is 1040. The molecule has 2 aromatic rings. The average Bonchev–Trinajstić information content (AvgIpc) is 3.67. The Kier molecular flexibility index (Phi) is 13.2. The van der Waals surface area contributed by atoms with Crippen molar-refractivity contribution in [2.45, 2.75) is 53.4 Å². The molecule has 0 unspecified atom stereocenters. The molecule has 0 saturated heterocycles. The van der Waals surface area contributed by atoms with Crippen LogP contribution < -0.4 is 10.4 Å². The van der Waals surface area contributed by atoms with Crippen molar-refractivity contribution in [3.05, 3.63) is 107 Å². The second-order valence-corrected chi connectivity index (χ2v) is 8.14. The molecule has 2 aromatic carbocycles. The highest BCUT2D eigenvalue weighted by atomic mass is 16.5. The summed E-state index contributed by atoms with van der Waals surface area (Å²) < 4.78 is 4.87. The first-order chi connectivity index (χ1) is 15.9. The highest BCUT2D eigenvalue weighted by Crippen LogP contribution is 2.31. The molecule has 1 aliphatic rings. The van der Waals surface area contributed by atoms with Gasteiger partial charge in [-0.25, -0.2) is 0 Å². The number of allylic oxidation sites excluding steroid dienone is 2. The number of hydrogen-bond acceptors (Lipinski definition) is 2. The van der Waals surface area contributed by atoms with Gasteiger partial charge in [-0.05, 0) is 52.5 Å². The van der Waals surface area contributed by atoms with E-state index in [2.05, 4.69) is 83.0 Å². The molecule has 1 aliphatic carbocycles. The van der Waals surface area contributed by atoms with E-state index in [0.29, 0.717) is 6.42 Å². The summed E-state index contributed by atoms with van der Waals surface area (Å²) in [6.07, 6.45) is 9.88. The van der Waals surface area contributed by atoms with E-state index in [1.807, 2.05) is 6.07 Å². The fourth-order valence-corrected chi connectivity index (χ4v) is 3.14. The van der Waals surface area contributed by atoms with E-state index in [4.69, 9.17) is 4.74 Å². The molecule has 2 nitrogen and oxygen atoms in total. The molecular formula is C31H40O2. The van der Waals surface area contributed by atoms with Crippen LogP contribution in [-0.2, 0) is 9.53 Å². The molecule has 0 amide bonds. The van der Waals surface area contributed by atoms with Gasteiger partial charge in [-0.1, -0.05) is 120 Å². The zero-order valence-corrected chi connectivity index (χ0v) is 20.9. The second kappa shape index (κ2) is 15.6. The van der Waals surface area contributed by atoms with Crippen LogP contribution in [0.4, 0.5) is 0 Å². The molecule has 3 rings (SSSR count). The Hall–Kier alpha value is -3.13. The lowest BCUT2D eigenvalue weighted by Gasteiger charge is -2.06. The minimum Gasteiger partial charge on any atom is -0.461 e. The summed E-state index contributed by atoms with van der Waals surface area (Å²) in [5.74, 6) is 0.932. The highest BCUT2D eigenvalue weighted by Gasteiger charge is 2.17. The molecule has 2 heteroatoms. The lowest BCUT2D eigenvalue weighted by molar-refractivity contribution is -0.142. The lowest BCUT2D eigenvalue weighted by Crippen LogP contribution is -2.24. The Labute approximate surface area is 200 Å². The van der Waals surface area contributed by atoms with Crippen LogP contribution in [0.25, 0.3) is 12.2 Å². The number of carbonyl (C=O) groups is 1. The number of benzene rings is 2. The van der Waals surface area contributed by atoms with Gasteiger partial charge in [0.25, 0.3) is 0 Å². The largest absolute Gasteiger partial charge is 0.461 e. The molecule has 1 saturated carbocycles. The van der Waals surface area contributed by atoms with Crippen LogP contribution >= 0.6 is 0 Å². The maximum atomic E-state index is 10.7. The predicted octanol–water partition coefficient (Wildman–Crippen LogP) is 6.67. The molecule has 33 heavy (non-hydrogen) atoms. The zero-order chi connectivity index (χ0) is 24.6. The van der Waals surface area contributed by atoms with Crippen LogP contribution in [0.5, 0.6) is 0 Å². The third-order valence-electron chi connectivity index (χ3n) is 5.53. The predicted molar refractivity (Wildman–Crippen MR) is 143 cm³/mol. The molecule has 0 heterocycles. The van der Waals surface area contributed by atoms with Crippen LogP contribution in [0.3, 0.4) is 0 Å². The quantitative estimate of drug-likeness (QED) is 0.352. The van der Waals surface area contributed by atoms with Gasteiger partial charge in [0, 0.05) is 6.42 Å². The number of esters is 1. The van der Waals surface area contributed by atoms with Crippen molar-refractivity contribution < 1.29 is 9.53 Å². The summed E-state index contributed by atoms with van der Waals surface area (Å²) in [4.78, 5) is 10.7. The monoisotopic (exact) mass is 444 g/mol. The van der Waals surface area contributed by atoms with Crippen molar-refractivity contribution >= 4 is 18.1 Å². The fraction of sp³-hybridized carbons (Fsp3) is 0.323. The van der Waals surface area contributed by atoms with Gasteiger partial charge in [0.2, 0.25) is 0 Å². The Balaban J connectivity index is 0.000000281. The number of hydrogen-bond donors (Lipinski definition) is 0. The van der Waals surface area contributed by atoms with E-state index < -0.39 is 0 Å². The Morgan fingerprint density at radius 1 is 1.06 bits per heavy atom. The molecule has 0 aromatic heterocycles. The van der Waals surface area contributed by atoms with Crippen LogP contribution in [0.1, 0.15) is 57.6 Å². The van der Waals surface area contributed by atoms with Gasteiger partial charge < -0.3 is 4.74 Å². The first kappa shape index (κ1) is 27.9. The molecule has 0 atom stereocenters. The maximum absolute atomic E-state index is 10.7. The van der Waals surface area contributed by atoms with Crippen molar-refractivity contribution in [1.29, 1.82) is 0 Å². The summed E-state index contributed by atoms with van der Waals surface area (Å²) >= 11 is 0. The van der Waals surface area contributed by atoms with Crippen molar-refractivity contribution in [3.63, 3.8) is 0 Å². The smallest absolute Gasteiger partial charge is 0.305 e. The molecular weight excluding hydrogens is 404 g/mol. The normalized spacial score (nSPS) is 13.4. The van der Waals surface area contributed by atoms with Crippen molar-refractivity contribution in [3.8, 4) is 0 Å². The minimum atomic E-state index is -0.202. The van der Waals surface area contributed by atoms with Crippen LogP contribution in [0, 0.1) is 12.8 Å². The van der Waals surface area contributed by atoms with E-state index in [1.165, 1.54) is 41.2 Å². The summed E-state index contributed by atoms with van der Waals surface area (Å²) in [5.41, 5.74) is 4.76. The number of rotatable bonds is 7. The summed E-state index contributed by atoms with van der Waals surface area (Å²) in [5, 5.41) is 2.32. The molecule has 0 radical (unpaired) electrons. The number of ether oxygens (including phenoxy) is 1. The van der Waals surface area contributed by atoms with E-state index >= 15 is 0 Å². The lowest BCUT2D eigenvalue weighted by atomic mass is 9.99. The van der Waals surface area contributed by atoms with Crippen LogP contribution in [-0.4, -0.2) is 12.6 Å². The van der Waals surface area contributed by atoms with Crippen LogP contribution in [0.2, 0.25) is 0 Å². The van der Waals surface area contributed by atoms with Gasteiger partial charge >= 0.3 is 5.97 Å². The van der Waals surface area contributed by atoms with E-state index in [0.717, 1.165) is 16.7 Å². The first-order valence-corrected chi connectivity index (χ1v) is 11.8. The summed E-state index contributed by atoms with van der Waals surface area (Å²) in [6.45, 7) is 19.8. The van der Waals surface area contributed by atoms with Crippen molar-refractivity contribution in [1.82, 2.24) is 0 Å². The topological polar surface area (TPSA) is 26.3 Å². The summed E-state index contributed by atoms with van der Waals surface area (Å²) in [7, 11) is 0. The highest BCUT2D eigenvalue weighted by molar-refractivity contribution is 5.69. The molecule has 1 fully saturated rings. The zero-order valence-electron chi connectivity index (χ0n) is 20.9. The maximum Gasteiger partial charge on any atom is 0.305 e. The second-order valence-electron chi connectivity index (χ2n) is 8.14. The van der Waals surface area contributed by atoms with E-state index in [9.17, 15) is 4.79 Å². The SMILES string of the molecule is C=C/C=C(\C=C)COC(=O)CC.C=c1cccc/c1=C(\C)c1ccccc1C.CCC1CC1. The average molecular weight is 445 g/mol. The van der Waals surface area contributed by atoms with Gasteiger partial charge in [0.1, 0.15) is 6.61 Å². The molecule has 0 N–H and O–H groups in total. The third kappa shape index (κ3) is 10.8. The fourth-order valence-electron chi connectivity index (χ4n) is 3.14. The van der Waals surface area contributed by atoms with Gasteiger partial charge in [-0.15, -0.1) is 0 Å². The molecule has 176 valence electrons. The van der Waals surface area contributed by atoms with Crippen LogP contribution in [0.15, 0.2) is 85.5 Å². The van der Waals surface area contributed by atoms with Gasteiger partial charge in [0.05, 0.1) is 0 Å². The Morgan fingerprint density at radius 2 is 1.70 bits per heavy atom. The van der Waals surface area contributed by atoms with Gasteiger partial charge in [-0.3, -0.25) is 4.79 Å². The first-order valence-electron chi connectivity index (χ1n) is 11.8. The van der Waals surface area contributed by atoms with E-state index in [-0.39, 0.29) is 12.6 Å². The minimum absolute atomic E-state index is 0.202. The van der Waals surface area contributed by atoms with Crippen molar-refractivity contribution in [2.75, 3.05) is 6.61 Å².